The average molecular weight is 216 g/mol. The maximum atomic E-state index is 4.28. The fourth-order valence-corrected chi connectivity index (χ4v) is 1.64. The molecule has 0 aliphatic heterocycles. The quantitative estimate of drug-likeness (QED) is 0.708. The van der Waals surface area contributed by atoms with Gasteiger partial charge in [-0.25, -0.2) is 4.68 Å². The Bertz CT molecular complexity index is 435. The zero-order valence-corrected chi connectivity index (χ0v) is 10.8. The molecule has 1 aromatic carbocycles. The van der Waals surface area contributed by atoms with Crippen molar-refractivity contribution in [1.29, 1.82) is 0 Å². The lowest BCUT2D eigenvalue weighted by molar-refractivity contribution is 0.877. The van der Waals surface area contributed by atoms with E-state index in [4.69, 9.17) is 0 Å². The number of hydrogen-bond donors (Lipinski definition) is 0. The molecule has 0 bridgehead atoms. The number of benzene rings is 1. The number of aryl methyl sites for hydroxylation is 3. The molecule has 16 heavy (non-hydrogen) atoms. The van der Waals surface area contributed by atoms with Gasteiger partial charge in [0.25, 0.3) is 0 Å². The summed E-state index contributed by atoms with van der Waals surface area (Å²) in [6.07, 6.45) is 3.91. The molecule has 0 fully saturated rings. The van der Waals surface area contributed by atoms with E-state index >= 15 is 0 Å². The van der Waals surface area contributed by atoms with Gasteiger partial charge in [0, 0.05) is 6.20 Å². The molecule has 0 N–H and O–H groups in total. The van der Waals surface area contributed by atoms with Crippen molar-refractivity contribution in [2.45, 2.75) is 34.6 Å². The molecule has 0 saturated carbocycles. The van der Waals surface area contributed by atoms with Crippen LogP contribution in [0.2, 0.25) is 0 Å². The van der Waals surface area contributed by atoms with Gasteiger partial charge in [-0.05, 0) is 49.6 Å². The highest BCUT2D eigenvalue weighted by Gasteiger charge is 1.99. The molecule has 0 aliphatic rings. The summed E-state index contributed by atoms with van der Waals surface area (Å²) < 4.78 is 1.91. The molecule has 1 aromatic heterocycles. The summed E-state index contributed by atoms with van der Waals surface area (Å²) in [6, 6.07) is 6.44. The lowest BCUT2D eigenvalue weighted by Crippen LogP contribution is -1.95. The van der Waals surface area contributed by atoms with Crippen molar-refractivity contribution in [1.82, 2.24) is 9.78 Å². The molecule has 0 saturated heterocycles. The van der Waals surface area contributed by atoms with Crippen LogP contribution in [0.4, 0.5) is 0 Å². The van der Waals surface area contributed by atoms with Gasteiger partial charge in [0.05, 0.1) is 11.9 Å². The lowest BCUT2D eigenvalue weighted by Gasteiger charge is -2.04. The Hall–Kier alpha value is -1.57. The van der Waals surface area contributed by atoms with Gasteiger partial charge in [-0.15, -0.1) is 0 Å². The maximum Gasteiger partial charge on any atom is 0.0650 e. The summed E-state index contributed by atoms with van der Waals surface area (Å²) in [7, 11) is 0. The van der Waals surface area contributed by atoms with Crippen LogP contribution in [0.25, 0.3) is 5.69 Å². The minimum Gasteiger partial charge on any atom is -0.241 e. The van der Waals surface area contributed by atoms with Crippen LogP contribution >= 0.6 is 0 Å². The Morgan fingerprint density at radius 1 is 0.875 bits per heavy atom. The van der Waals surface area contributed by atoms with Crippen molar-refractivity contribution in [3.05, 3.63) is 47.3 Å². The van der Waals surface area contributed by atoms with Crippen molar-refractivity contribution >= 4 is 0 Å². The highest BCUT2D eigenvalue weighted by molar-refractivity contribution is 5.39. The summed E-state index contributed by atoms with van der Waals surface area (Å²) in [4.78, 5) is 0. The Morgan fingerprint density at radius 3 is 1.88 bits per heavy atom. The molecule has 0 aliphatic carbocycles. The van der Waals surface area contributed by atoms with Gasteiger partial charge in [-0.2, -0.15) is 5.10 Å². The van der Waals surface area contributed by atoms with Crippen LogP contribution in [0.5, 0.6) is 0 Å². The molecule has 0 unspecified atom stereocenters. The molecule has 86 valence electrons. The third-order valence-corrected chi connectivity index (χ3v) is 2.18. The topological polar surface area (TPSA) is 17.8 Å². The number of hydrogen-bond acceptors (Lipinski definition) is 1. The zero-order valence-electron chi connectivity index (χ0n) is 10.8. The smallest absolute Gasteiger partial charge is 0.0650 e. The second-order valence-corrected chi connectivity index (χ2v) is 3.81. The van der Waals surface area contributed by atoms with E-state index in [1.54, 1.807) is 0 Å². The third kappa shape index (κ3) is 2.96. The molecular weight excluding hydrogens is 196 g/mol. The fourth-order valence-electron chi connectivity index (χ4n) is 1.64. The van der Waals surface area contributed by atoms with E-state index in [1.165, 1.54) is 16.7 Å². The summed E-state index contributed by atoms with van der Waals surface area (Å²) in [6.45, 7) is 10.3. The Balaban J connectivity index is 0.000000606. The Kier molecular flexibility index (Phi) is 4.29. The van der Waals surface area contributed by atoms with Gasteiger partial charge >= 0.3 is 0 Å². The first-order valence-corrected chi connectivity index (χ1v) is 5.75. The predicted octanol–water partition coefficient (Wildman–Crippen LogP) is 3.82. The van der Waals surface area contributed by atoms with E-state index in [2.05, 4.69) is 37.1 Å². The molecule has 2 rings (SSSR count). The number of rotatable bonds is 1. The van der Waals surface area contributed by atoms with Gasteiger partial charge < -0.3 is 0 Å². The number of aromatic nitrogens is 2. The monoisotopic (exact) mass is 216 g/mol. The highest BCUT2D eigenvalue weighted by atomic mass is 15.3. The summed E-state index contributed by atoms with van der Waals surface area (Å²) in [5.74, 6) is 0. The second kappa shape index (κ2) is 5.50. The molecule has 1 heterocycles. The van der Waals surface area contributed by atoms with Crippen molar-refractivity contribution < 1.29 is 0 Å². The molecule has 2 heteroatoms. The van der Waals surface area contributed by atoms with Gasteiger partial charge in [0.1, 0.15) is 0 Å². The largest absolute Gasteiger partial charge is 0.241 e. The standard InChI is InChI=1S/C12H14N2.C2H6/c1-9-4-10(2)6-12(5-9)14-8-11(3)7-13-14;1-2/h4-8H,1-3H3;1-2H3. The van der Waals surface area contributed by atoms with Crippen LogP contribution in [0.15, 0.2) is 30.6 Å². The zero-order chi connectivity index (χ0) is 12.1. The minimum atomic E-state index is 1.13. The first kappa shape index (κ1) is 12.5. The van der Waals surface area contributed by atoms with Gasteiger partial charge in [0.2, 0.25) is 0 Å². The normalized spacial score (nSPS) is 9.56. The molecule has 0 radical (unpaired) electrons. The summed E-state index contributed by atoms with van der Waals surface area (Å²) in [5, 5.41) is 4.28. The SMILES string of the molecule is CC.Cc1cc(C)cc(-n2cc(C)cn2)c1. The second-order valence-electron chi connectivity index (χ2n) is 3.81. The summed E-state index contributed by atoms with van der Waals surface area (Å²) >= 11 is 0. The maximum absolute atomic E-state index is 4.28. The molecule has 2 nitrogen and oxygen atoms in total. The fraction of sp³-hybridized carbons (Fsp3) is 0.357. The van der Waals surface area contributed by atoms with E-state index in [1.807, 2.05) is 37.8 Å². The van der Waals surface area contributed by atoms with E-state index in [9.17, 15) is 0 Å². The molecular formula is C14H20N2. The van der Waals surface area contributed by atoms with E-state index in [-0.39, 0.29) is 0 Å². The van der Waals surface area contributed by atoms with Crippen LogP contribution in [-0.4, -0.2) is 9.78 Å². The molecule has 0 atom stereocenters. The lowest BCUT2D eigenvalue weighted by atomic mass is 10.1. The Morgan fingerprint density at radius 2 is 1.44 bits per heavy atom. The van der Waals surface area contributed by atoms with Crippen molar-refractivity contribution in [3.8, 4) is 5.69 Å². The molecule has 0 amide bonds. The van der Waals surface area contributed by atoms with Crippen LogP contribution in [0.1, 0.15) is 30.5 Å². The minimum absolute atomic E-state index is 1.13. The summed E-state index contributed by atoms with van der Waals surface area (Å²) in [5.41, 5.74) is 4.86. The van der Waals surface area contributed by atoms with E-state index in [0.29, 0.717) is 0 Å². The van der Waals surface area contributed by atoms with E-state index in [0.717, 1.165) is 5.69 Å². The van der Waals surface area contributed by atoms with Crippen LogP contribution in [-0.2, 0) is 0 Å². The highest BCUT2D eigenvalue weighted by Crippen LogP contribution is 2.13. The Labute approximate surface area is 97.9 Å². The van der Waals surface area contributed by atoms with Crippen LogP contribution in [0, 0.1) is 20.8 Å². The molecule has 0 spiro atoms. The first-order chi connectivity index (χ1) is 7.65. The van der Waals surface area contributed by atoms with Gasteiger partial charge in [0.15, 0.2) is 0 Å². The average Bonchev–Trinajstić information content (AvgIpc) is 2.66. The van der Waals surface area contributed by atoms with E-state index < -0.39 is 0 Å². The predicted molar refractivity (Wildman–Crippen MR) is 69.1 cm³/mol. The van der Waals surface area contributed by atoms with Gasteiger partial charge in [-0.3, -0.25) is 0 Å². The third-order valence-electron chi connectivity index (χ3n) is 2.18. The molecule has 2 aromatic rings. The van der Waals surface area contributed by atoms with Crippen molar-refractivity contribution in [3.63, 3.8) is 0 Å². The van der Waals surface area contributed by atoms with Crippen LogP contribution in [0.3, 0.4) is 0 Å². The first-order valence-electron chi connectivity index (χ1n) is 5.75. The van der Waals surface area contributed by atoms with Crippen molar-refractivity contribution in [2.75, 3.05) is 0 Å². The van der Waals surface area contributed by atoms with Crippen LogP contribution < -0.4 is 0 Å². The van der Waals surface area contributed by atoms with Crippen molar-refractivity contribution in [2.24, 2.45) is 0 Å². The van der Waals surface area contributed by atoms with Gasteiger partial charge in [-0.1, -0.05) is 19.9 Å². The number of nitrogens with zero attached hydrogens (tertiary/aromatic N) is 2.